The summed E-state index contributed by atoms with van der Waals surface area (Å²) in [6.07, 6.45) is 2.39. The highest BCUT2D eigenvalue weighted by molar-refractivity contribution is 5.83. The van der Waals surface area contributed by atoms with E-state index in [4.69, 9.17) is 4.74 Å². The summed E-state index contributed by atoms with van der Waals surface area (Å²) in [7, 11) is 1.44. The summed E-state index contributed by atoms with van der Waals surface area (Å²) in [5, 5.41) is 6.40. The number of hydrogen-bond acceptors (Lipinski definition) is 4. The fourth-order valence-electron chi connectivity index (χ4n) is 1.49. The van der Waals surface area contributed by atoms with Gasteiger partial charge in [0, 0.05) is 19.1 Å². The van der Waals surface area contributed by atoms with Crippen molar-refractivity contribution in [2.75, 3.05) is 20.2 Å². The standard InChI is InChI=1S/C8H14N2O2/c1-12-7(11)8(4-9-5-8)10-6-2-3-6/h6,9-10H,2-5H2,1H3. The van der Waals surface area contributed by atoms with Gasteiger partial charge in [-0.15, -0.1) is 0 Å². The van der Waals surface area contributed by atoms with Crippen LogP contribution in [0.15, 0.2) is 0 Å². The summed E-state index contributed by atoms with van der Waals surface area (Å²) in [6, 6.07) is 0.547. The van der Waals surface area contributed by atoms with Crippen LogP contribution in [0.1, 0.15) is 12.8 Å². The van der Waals surface area contributed by atoms with Crippen LogP contribution >= 0.6 is 0 Å². The quantitative estimate of drug-likeness (QED) is 0.547. The Balaban J connectivity index is 1.96. The molecular formula is C8H14N2O2. The van der Waals surface area contributed by atoms with Crippen molar-refractivity contribution in [3.8, 4) is 0 Å². The van der Waals surface area contributed by atoms with Crippen molar-refractivity contribution in [3.63, 3.8) is 0 Å². The Kier molecular flexibility index (Phi) is 1.81. The van der Waals surface area contributed by atoms with E-state index in [9.17, 15) is 4.79 Å². The van der Waals surface area contributed by atoms with E-state index in [0.717, 1.165) is 0 Å². The third-order valence-electron chi connectivity index (χ3n) is 2.49. The predicted molar refractivity (Wildman–Crippen MR) is 43.8 cm³/mol. The topological polar surface area (TPSA) is 50.4 Å². The van der Waals surface area contributed by atoms with Crippen LogP contribution in [0.2, 0.25) is 0 Å². The molecule has 2 rings (SSSR count). The molecule has 2 aliphatic rings. The van der Waals surface area contributed by atoms with E-state index < -0.39 is 5.54 Å². The van der Waals surface area contributed by atoms with Gasteiger partial charge in [0.1, 0.15) is 5.54 Å². The third kappa shape index (κ3) is 1.21. The second-order valence-electron chi connectivity index (χ2n) is 3.60. The fourth-order valence-corrected chi connectivity index (χ4v) is 1.49. The zero-order chi connectivity index (χ0) is 8.60. The van der Waals surface area contributed by atoms with Gasteiger partial charge in [-0.3, -0.25) is 5.32 Å². The van der Waals surface area contributed by atoms with Gasteiger partial charge in [-0.05, 0) is 12.8 Å². The van der Waals surface area contributed by atoms with Crippen molar-refractivity contribution in [1.29, 1.82) is 0 Å². The maximum atomic E-state index is 11.4. The number of ether oxygens (including phenoxy) is 1. The largest absolute Gasteiger partial charge is 0.468 e. The molecule has 0 bridgehead atoms. The van der Waals surface area contributed by atoms with Crippen molar-refractivity contribution in [2.45, 2.75) is 24.4 Å². The highest BCUT2D eigenvalue weighted by atomic mass is 16.5. The first-order chi connectivity index (χ1) is 5.77. The van der Waals surface area contributed by atoms with Crippen molar-refractivity contribution in [3.05, 3.63) is 0 Å². The minimum atomic E-state index is -0.407. The van der Waals surface area contributed by atoms with Gasteiger partial charge in [-0.2, -0.15) is 0 Å². The van der Waals surface area contributed by atoms with Crippen molar-refractivity contribution < 1.29 is 9.53 Å². The van der Waals surface area contributed by atoms with E-state index in [2.05, 4.69) is 10.6 Å². The molecule has 1 heterocycles. The molecule has 0 aromatic heterocycles. The molecule has 68 valence electrons. The van der Waals surface area contributed by atoms with E-state index in [-0.39, 0.29) is 5.97 Å². The summed E-state index contributed by atoms with van der Waals surface area (Å²) in [5.41, 5.74) is -0.407. The number of hydrogen-bond donors (Lipinski definition) is 2. The molecule has 0 amide bonds. The van der Waals surface area contributed by atoms with Gasteiger partial charge in [-0.1, -0.05) is 0 Å². The lowest BCUT2D eigenvalue weighted by Crippen LogP contribution is -2.72. The van der Waals surface area contributed by atoms with Gasteiger partial charge in [-0.25, -0.2) is 4.79 Å². The third-order valence-corrected chi connectivity index (χ3v) is 2.49. The number of rotatable bonds is 3. The normalized spacial score (nSPS) is 26.1. The molecule has 1 saturated carbocycles. The maximum absolute atomic E-state index is 11.4. The first-order valence-electron chi connectivity index (χ1n) is 4.34. The number of carbonyl (C=O) groups excluding carboxylic acids is 1. The predicted octanol–water partition coefficient (Wildman–Crippen LogP) is -0.747. The van der Waals surface area contributed by atoms with Crippen molar-refractivity contribution >= 4 is 5.97 Å². The number of carbonyl (C=O) groups is 1. The first-order valence-corrected chi connectivity index (χ1v) is 4.34. The lowest BCUT2D eigenvalue weighted by atomic mass is 9.92. The minimum absolute atomic E-state index is 0.131. The van der Waals surface area contributed by atoms with Crippen LogP contribution < -0.4 is 10.6 Å². The summed E-state index contributed by atoms with van der Waals surface area (Å²) in [5.74, 6) is -0.131. The van der Waals surface area contributed by atoms with E-state index in [1.165, 1.54) is 20.0 Å². The Bertz CT molecular complexity index is 197. The second kappa shape index (κ2) is 2.71. The molecule has 4 nitrogen and oxygen atoms in total. The molecule has 0 aromatic carbocycles. The highest BCUT2D eigenvalue weighted by Crippen LogP contribution is 2.25. The molecule has 1 saturated heterocycles. The Hall–Kier alpha value is -0.610. The fraction of sp³-hybridized carbons (Fsp3) is 0.875. The van der Waals surface area contributed by atoms with E-state index in [1.807, 2.05) is 0 Å². The molecule has 0 radical (unpaired) electrons. The summed E-state index contributed by atoms with van der Waals surface area (Å²) >= 11 is 0. The number of methoxy groups -OCH3 is 1. The van der Waals surface area contributed by atoms with Gasteiger partial charge in [0.05, 0.1) is 7.11 Å². The van der Waals surface area contributed by atoms with Crippen LogP contribution in [0.3, 0.4) is 0 Å². The Labute approximate surface area is 71.7 Å². The first kappa shape index (κ1) is 8.01. The lowest BCUT2D eigenvalue weighted by Gasteiger charge is -2.40. The molecule has 0 aromatic rings. The van der Waals surface area contributed by atoms with Gasteiger partial charge in [0.25, 0.3) is 0 Å². The van der Waals surface area contributed by atoms with Crippen molar-refractivity contribution in [2.24, 2.45) is 0 Å². The highest BCUT2D eigenvalue weighted by Gasteiger charge is 2.48. The van der Waals surface area contributed by atoms with E-state index in [0.29, 0.717) is 19.1 Å². The van der Waals surface area contributed by atoms with Gasteiger partial charge in [0.2, 0.25) is 0 Å². The van der Waals surface area contributed by atoms with Crippen LogP contribution in [-0.2, 0) is 9.53 Å². The average molecular weight is 170 g/mol. The molecule has 2 N–H and O–H groups in total. The summed E-state index contributed by atoms with van der Waals surface area (Å²) in [4.78, 5) is 11.4. The number of nitrogens with one attached hydrogen (secondary N) is 2. The summed E-state index contributed by atoms with van der Waals surface area (Å²) in [6.45, 7) is 1.41. The van der Waals surface area contributed by atoms with E-state index >= 15 is 0 Å². The molecule has 1 aliphatic heterocycles. The van der Waals surface area contributed by atoms with Gasteiger partial charge < -0.3 is 10.1 Å². The molecule has 0 spiro atoms. The molecular weight excluding hydrogens is 156 g/mol. The maximum Gasteiger partial charge on any atom is 0.328 e. The van der Waals surface area contributed by atoms with E-state index in [1.54, 1.807) is 0 Å². The summed E-state index contributed by atoms with van der Waals surface area (Å²) < 4.78 is 4.74. The molecule has 0 atom stereocenters. The minimum Gasteiger partial charge on any atom is -0.468 e. The van der Waals surface area contributed by atoms with Gasteiger partial charge >= 0.3 is 5.97 Å². The Morgan fingerprint density at radius 1 is 1.58 bits per heavy atom. The molecule has 12 heavy (non-hydrogen) atoms. The SMILES string of the molecule is COC(=O)C1(NC2CC2)CNC1. The van der Waals surface area contributed by atoms with Crippen LogP contribution in [0.25, 0.3) is 0 Å². The van der Waals surface area contributed by atoms with Gasteiger partial charge in [0.15, 0.2) is 0 Å². The van der Waals surface area contributed by atoms with Crippen molar-refractivity contribution in [1.82, 2.24) is 10.6 Å². The van der Waals surface area contributed by atoms with Crippen LogP contribution in [0, 0.1) is 0 Å². The number of esters is 1. The Morgan fingerprint density at radius 3 is 2.58 bits per heavy atom. The van der Waals surface area contributed by atoms with Crippen LogP contribution in [-0.4, -0.2) is 37.7 Å². The monoisotopic (exact) mass is 170 g/mol. The zero-order valence-electron chi connectivity index (χ0n) is 7.22. The zero-order valence-corrected chi connectivity index (χ0v) is 7.22. The second-order valence-corrected chi connectivity index (χ2v) is 3.60. The molecule has 0 unspecified atom stereocenters. The van der Waals surface area contributed by atoms with Crippen LogP contribution in [0.4, 0.5) is 0 Å². The average Bonchev–Trinajstić information content (AvgIpc) is 2.78. The lowest BCUT2D eigenvalue weighted by molar-refractivity contribution is -0.151. The smallest absolute Gasteiger partial charge is 0.328 e. The molecule has 1 aliphatic carbocycles. The van der Waals surface area contributed by atoms with Crippen LogP contribution in [0.5, 0.6) is 0 Å². The molecule has 2 fully saturated rings. The Morgan fingerprint density at radius 2 is 2.25 bits per heavy atom. The molecule has 4 heteroatoms.